The van der Waals surface area contributed by atoms with Crippen LogP contribution in [0.2, 0.25) is 0 Å². The molecule has 0 aromatic rings. The molecule has 276 valence electrons. The lowest BCUT2D eigenvalue weighted by Crippen LogP contribution is -2.46. The molecular weight excluding hydrogens is 615 g/mol. The van der Waals surface area contributed by atoms with Gasteiger partial charge in [0, 0.05) is 6.54 Å². The lowest BCUT2D eigenvalue weighted by atomic mass is 10.0. The van der Waals surface area contributed by atoms with Crippen LogP contribution in [0.4, 0.5) is 0 Å². The Hall–Kier alpha value is -1.32. The fourth-order valence-corrected chi connectivity index (χ4v) is 5.91. The van der Waals surface area contributed by atoms with Gasteiger partial charge in [-0.15, -0.1) is 0 Å². The Bertz CT molecular complexity index is 853. The summed E-state index contributed by atoms with van der Waals surface area (Å²) >= 11 is 0. The minimum Gasteiger partial charge on any atom is -0.393 e. The highest BCUT2D eigenvalue weighted by Crippen LogP contribution is 2.43. The molecule has 0 spiro atoms. The Morgan fingerprint density at radius 2 is 1.21 bits per heavy atom. The molecule has 4 unspecified atom stereocenters. The second kappa shape index (κ2) is 33.2. The predicted octanol–water partition coefficient (Wildman–Crippen LogP) is 8.58. The van der Waals surface area contributed by atoms with E-state index in [-0.39, 0.29) is 19.6 Å². The minimum atomic E-state index is -4.40. The lowest BCUT2D eigenvalue weighted by molar-refractivity contribution is -0.124. The zero-order valence-corrected chi connectivity index (χ0v) is 30.8. The van der Waals surface area contributed by atoms with E-state index in [1.807, 2.05) is 6.08 Å². The maximum absolute atomic E-state index is 12.7. The minimum absolute atomic E-state index is 0.0423. The van der Waals surface area contributed by atoms with E-state index < -0.39 is 38.6 Å². The summed E-state index contributed by atoms with van der Waals surface area (Å²) in [6.07, 6.45) is 33.8. The van der Waals surface area contributed by atoms with Crippen molar-refractivity contribution in [2.45, 2.75) is 173 Å². The third-order valence-electron chi connectivity index (χ3n) is 8.00. The van der Waals surface area contributed by atoms with Gasteiger partial charge in [-0.1, -0.05) is 140 Å². The summed E-state index contributed by atoms with van der Waals surface area (Å²) in [4.78, 5) is 22.6. The number of nitrogens with two attached hydrogens (primary N) is 1. The topological polar surface area (TPSA) is 151 Å². The highest BCUT2D eigenvalue weighted by atomic mass is 31.2. The van der Waals surface area contributed by atoms with Crippen molar-refractivity contribution in [2.24, 2.45) is 5.73 Å². The third-order valence-corrected chi connectivity index (χ3v) is 8.99. The van der Waals surface area contributed by atoms with Gasteiger partial charge in [0.25, 0.3) is 0 Å². The molecule has 0 rings (SSSR count). The summed E-state index contributed by atoms with van der Waals surface area (Å²) < 4.78 is 21.9. The molecule has 0 aliphatic rings. The average molecular weight is 687 g/mol. The second-order valence-electron chi connectivity index (χ2n) is 12.6. The van der Waals surface area contributed by atoms with Crippen LogP contribution in [0.1, 0.15) is 155 Å². The number of phosphoric ester groups is 1. The first kappa shape index (κ1) is 45.7. The molecule has 0 aromatic carbocycles. The Morgan fingerprint density at radius 3 is 1.77 bits per heavy atom. The van der Waals surface area contributed by atoms with E-state index in [4.69, 9.17) is 14.8 Å². The van der Waals surface area contributed by atoms with Gasteiger partial charge >= 0.3 is 7.82 Å². The summed E-state index contributed by atoms with van der Waals surface area (Å²) in [6.45, 7) is 3.88. The predicted molar refractivity (Wildman–Crippen MR) is 195 cm³/mol. The Labute approximate surface area is 287 Å². The van der Waals surface area contributed by atoms with Gasteiger partial charge in [0.15, 0.2) is 0 Å². The highest BCUT2D eigenvalue weighted by molar-refractivity contribution is 7.47. The van der Waals surface area contributed by atoms with Gasteiger partial charge in [0.2, 0.25) is 5.91 Å². The third kappa shape index (κ3) is 31.7. The summed E-state index contributed by atoms with van der Waals surface area (Å²) in [5.74, 6) is -0.464. The van der Waals surface area contributed by atoms with E-state index in [9.17, 15) is 24.5 Å². The van der Waals surface area contributed by atoms with Crippen LogP contribution in [0, 0.1) is 0 Å². The maximum Gasteiger partial charge on any atom is 0.472 e. The molecule has 6 N–H and O–H groups in total. The molecule has 10 heteroatoms. The summed E-state index contributed by atoms with van der Waals surface area (Å²) in [6, 6.07) is -1.00. The van der Waals surface area contributed by atoms with Crippen molar-refractivity contribution < 1.29 is 33.5 Å². The second-order valence-corrected chi connectivity index (χ2v) is 14.1. The molecule has 0 aliphatic carbocycles. The zero-order chi connectivity index (χ0) is 34.9. The highest BCUT2D eigenvalue weighted by Gasteiger charge is 2.27. The monoisotopic (exact) mass is 686 g/mol. The molecule has 9 nitrogen and oxygen atoms in total. The van der Waals surface area contributed by atoms with Crippen LogP contribution in [0.5, 0.6) is 0 Å². The normalized spacial score (nSPS) is 15.4. The average Bonchev–Trinajstić information content (AvgIpc) is 3.04. The molecule has 0 aliphatic heterocycles. The molecule has 0 fully saturated rings. The zero-order valence-electron chi connectivity index (χ0n) is 29.9. The molecule has 1 amide bonds. The first-order valence-electron chi connectivity index (χ1n) is 18.7. The fraction of sp³-hybridized carbons (Fsp3) is 0.811. The summed E-state index contributed by atoms with van der Waals surface area (Å²) in [5, 5.41) is 23.8. The number of amides is 1. The van der Waals surface area contributed by atoms with Crippen LogP contribution in [0.3, 0.4) is 0 Å². The Morgan fingerprint density at radius 1 is 0.723 bits per heavy atom. The van der Waals surface area contributed by atoms with Crippen molar-refractivity contribution in [3.05, 3.63) is 36.5 Å². The standard InChI is InChI=1S/C37H71N2O7P/c1-3-5-7-9-11-13-14-15-16-17-18-19-21-23-25-27-29-36(41)35(33-46-47(43,44)45-31-30-38)39-37(42)32-34(40)28-26-24-22-20-12-10-8-6-4-2/h15-16,19,21,27,29,34-36,40-41H,3-14,17-18,20,22-26,28,30-33,38H2,1-2H3,(H,39,42)(H,43,44)/b16-15+,21-19+,29-27+. The van der Waals surface area contributed by atoms with Crippen LogP contribution < -0.4 is 11.1 Å². The van der Waals surface area contributed by atoms with Gasteiger partial charge < -0.3 is 26.2 Å². The number of aliphatic hydroxyl groups is 2. The van der Waals surface area contributed by atoms with Crippen LogP contribution in [-0.4, -0.2) is 59.0 Å². The number of unbranched alkanes of at least 4 members (excludes halogenated alkanes) is 16. The number of carbonyl (C=O) groups excluding carboxylic acids is 1. The van der Waals surface area contributed by atoms with Crippen molar-refractivity contribution >= 4 is 13.7 Å². The van der Waals surface area contributed by atoms with Crippen molar-refractivity contribution in [3.8, 4) is 0 Å². The molecule has 0 heterocycles. The van der Waals surface area contributed by atoms with Gasteiger partial charge in [-0.25, -0.2) is 4.57 Å². The summed E-state index contributed by atoms with van der Waals surface area (Å²) in [7, 11) is -4.40. The number of rotatable bonds is 34. The van der Waals surface area contributed by atoms with Crippen LogP contribution in [0.25, 0.3) is 0 Å². The summed E-state index contributed by atoms with van der Waals surface area (Å²) in [5.41, 5.74) is 5.33. The number of carbonyl (C=O) groups is 1. The van der Waals surface area contributed by atoms with E-state index in [0.29, 0.717) is 12.8 Å². The van der Waals surface area contributed by atoms with E-state index in [2.05, 4.69) is 43.5 Å². The van der Waals surface area contributed by atoms with E-state index in [1.54, 1.807) is 6.08 Å². The van der Waals surface area contributed by atoms with Crippen molar-refractivity contribution in [2.75, 3.05) is 19.8 Å². The van der Waals surface area contributed by atoms with E-state index in [0.717, 1.165) is 44.9 Å². The van der Waals surface area contributed by atoms with Gasteiger partial charge in [-0.2, -0.15) is 0 Å². The molecule has 47 heavy (non-hydrogen) atoms. The van der Waals surface area contributed by atoms with E-state index >= 15 is 0 Å². The van der Waals surface area contributed by atoms with Crippen molar-refractivity contribution in [1.29, 1.82) is 0 Å². The molecule has 4 atom stereocenters. The van der Waals surface area contributed by atoms with Gasteiger partial charge in [0.05, 0.1) is 37.9 Å². The van der Waals surface area contributed by atoms with Gasteiger partial charge in [0.1, 0.15) is 0 Å². The number of hydrogen-bond acceptors (Lipinski definition) is 7. The SMILES string of the molecule is CCCCCCCC/C=C/CC/C=C/CC/C=C/C(O)C(COP(=O)(O)OCCN)NC(=O)CC(O)CCCCCCCCCCC. The first-order chi connectivity index (χ1) is 22.8. The number of nitrogens with one attached hydrogen (secondary N) is 1. The largest absolute Gasteiger partial charge is 0.472 e. The van der Waals surface area contributed by atoms with Crippen molar-refractivity contribution in [3.63, 3.8) is 0 Å². The molecule has 0 saturated carbocycles. The fourth-order valence-electron chi connectivity index (χ4n) is 5.15. The molecule has 0 bridgehead atoms. The van der Waals surface area contributed by atoms with Crippen LogP contribution in [0.15, 0.2) is 36.5 Å². The first-order valence-corrected chi connectivity index (χ1v) is 20.2. The van der Waals surface area contributed by atoms with E-state index in [1.165, 1.54) is 77.0 Å². The smallest absolute Gasteiger partial charge is 0.393 e. The Balaban J connectivity index is 4.54. The maximum atomic E-state index is 12.7. The Kier molecular flexibility index (Phi) is 32.3. The number of allylic oxidation sites excluding steroid dienone is 5. The molecule has 0 aromatic heterocycles. The number of hydrogen-bond donors (Lipinski definition) is 5. The lowest BCUT2D eigenvalue weighted by Gasteiger charge is -2.24. The van der Waals surface area contributed by atoms with Crippen LogP contribution >= 0.6 is 7.82 Å². The van der Waals surface area contributed by atoms with Gasteiger partial charge in [-0.05, 0) is 44.9 Å². The quantitative estimate of drug-likeness (QED) is 0.0257. The van der Waals surface area contributed by atoms with Crippen LogP contribution in [-0.2, 0) is 18.4 Å². The van der Waals surface area contributed by atoms with Crippen molar-refractivity contribution in [1.82, 2.24) is 5.32 Å². The number of phosphoric acid groups is 1. The molecular formula is C37H71N2O7P. The van der Waals surface area contributed by atoms with Gasteiger partial charge in [-0.3, -0.25) is 13.8 Å². The number of aliphatic hydroxyl groups excluding tert-OH is 2. The molecule has 0 saturated heterocycles. The molecule has 0 radical (unpaired) electrons.